The fraction of sp³-hybridized carbons (Fsp3) is 0.862. The molecule has 0 aromatic heterocycles. The fourth-order valence-electron chi connectivity index (χ4n) is 4.84. The number of unbranched alkanes of at least 4 members (excludes halogenated alkanes) is 13. The first-order valence-corrected chi connectivity index (χ1v) is 14.1. The third-order valence-corrected chi connectivity index (χ3v) is 6.99. The quantitative estimate of drug-likeness (QED) is 0.108. The van der Waals surface area contributed by atoms with Crippen LogP contribution in [0.5, 0.6) is 0 Å². The molecule has 3 unspecified atom stereocenters. The van der Waals surface area contributed by atoms with Gasteiger partial charge >= 0.3 is 5.97 Å². The Morgan fingerprint density at radius 2 is 1.45 bits per heavy atom. The minimum absolute atomic E-state index is 0.0465. The fourth-order valence-corrected chi connectivity index (χ4v) is 4.84. The highest BCUT2D eigenvalue weighted by molar-refractivity contribution is 5.78. The summed E-state index contributed by atoms with van der Waals surface area (Å²) >= 11 is 0. The van der Waals surface area contributed by atoms with Crippen LogP contribution in [0, 0.1) is 11.8 Å². The summed E-state index contributed by atoms with van der Waals surface area (Å²) in [5.41, 5.74) is 0. The normalized spacial score (nSPS) is 19.6. The van der Waals surface area contributed by atoms with Crippen LogP contribution in [0.15, 0.2) is 12.2 Å². The number of ether oxygens (including phenoxy) is 1. The SMILES string of the molecule is CCCCCCCCCCCCCCCC=CCC(CC(=O)OC1CCCC(C)C1)C(=O)[O-]. The van der Waals surface area contributed by atoms with Crippen molar-refractivity contribution in [3.8, 4) is 0 Å². The second-order valence-electron chi connectivity index (χ2n) is 10.3. The van der Waals surface area contributed by atoms with Crippen molar-refractivity contribution in [2.24, 2.45) is 11.8 Å². The van der Waals surface area contributed by atoms with Crippen LogP contribution < -0.4 is 5.11 Å². The average Bonchev–Trinajstić information content (AvgIpc) is 2.77. The van der Waals surface area contributed by atoms with E-state index in [9.17, 15) is 14.7 Å². The van der Waals surface area contributed by atoms with E-state index in [0.717, 1.165) is 32.1 Å². The Labute approximate surface area is 203 Å². The van der Waals surface area contributed by atoms with Crippen molar-refractivity contribution in [3.63, 3.8) is 0 Å². The summed E-state index contributed by atoms with van der Waals surface area (Å²) in [5.74, 6) is -1.77. The number of carbonyl (C=O) groups excluding carboxylic acids is 2. The Kier molecular flexibility index (Phi) is 18.1. The molecule has 1 aliphatic rings. The van der Waals surface area contributed by atoms with E-state index in [1.54, 1.807) is 0 Å². The Morgan fingerprint density at radius 1 is 0.879 bits per heavy atom. The van der Waals surface area contributed by atoms with Crippen LogP contribution in [-0.4, -0.2) is 18.0 Å². The van der Waals surface area contributed by atoms with Gasteiger partial charge in [-0.3, -0.25) is 4.79 Å². The van der Waals surface area contributed by atoms with E-state index in [-0.39, 0.29) is 12.5 Å². The molecular weight excluding hydrogens is 412 g/mol. The molecule has 0 saturated heterocycles. The van der Waals surface area contributed by atoms with Gasteiger partial charge in [-0.15, -0.1) is 0 Å². The molecule has 33 heavy (non-hydrogen) atoms. The topological polar surface area (TPSA) is 66.4 Å². The zero-order valence-corrected chi connectivity index (χ0v) is 21.7. The van der Waals surface area contributed by atoms with Gasteiger partial charge in [0, 0.05) is 11.9 Å². The number of rotatable bonds is 20. The summed E-state index contributed by atoms with van der Waals surface area (Å²) in [7, 11) is 0. The van der Waals surface area contributed by atoms with Crippen LogP contribution in [0.1, 0.15) is 142 Å². The van der Waals surface area contributed by atoms with Crippen molar-refractivity contribution < 1.29 is 19.4 Å². The number of hydrogen-bond acceptors (Lipinski definition) is 4. The largest absolute Gasteiger partial charge is 0.550 e. The van der Waals surface area contributed by atoms with Gasteiger partial charge in [0.1, 0.15) is 6.10 Å². The molecule has 1 aliphatic carbocycles. The van der Waals surface area contributed by atoms with E-state index in [1.165, 1.54) is 83.5 Å². The molecule has 0 aromatic rings. The first-order valence-electron chi connectivity index (χ1n) is 14.1. The molecule has 3 atom stereocenters. The van der Waals surface area contributed by atoms with Crippen LogP contribution in [0.4, 0.5) is 0 Å². The Hall–Kier alpha value is -1.32. The first-order chi connectivity index (χ1) is 16.0. The number of carboxylic acid groups (broad SMARTS) is 1. The van der Waals surface area contributed by atoms with Gasteiger partial charge in [0.15, 0.2) is 0 Å². The van der Waals surface area contributed by atoms with Crippen molar-refractivity contribution >= 4 is 11.9 Å². The van der Waals surface area contributed by atoms with Crippen LogP contribution >= 0.6 is 0 Å². The van der Waals surface area contributed by atoms with Gasteiger partial charge in [-0.1, -0.05) is 109 Å². The molecule has 0 radical (unpaired) electrons. The molecule has 1 saturated carbocycles. The van der Waals surface area contributed by atoms with E-state index >= 15 is 0 Å². The molecule has 4 heteroatoms. The Balaban J connectivity index is 2.01. The molecule has 1 fully saturated rings. The van der Waals surface area contributed by atoms with Gasteiger partial charge in [-0.25, -0.2) is 0 Å². The monoisotopic (exact) mass is 463 g/mol. The number of aliphatic carboxylic acids is 1. The Morgan fingerprint density at radius 3 is 2.00 bits per heavy atom. The molecule has 0 aromatic carbocycles. The smallest absolute Gasteiger partial charge is 0.306 e. The van der Waals surface area contributed by atoms with Gasteiger partial charge in [0.25, 0.3) is 0 Å². The van der Waals surface area contributed by atoms with Gasteiger partial charge in [0.2, 0.25) is 0 Å². The van der Waals surface area contributed by atoms with Crippen LogP contribution in [0.25, 0.3) is 0 Å². The zero-order valence-electron chi connectivity index (χ0n) is 21.7. The molecule has 0 heterocycles. The third kappa shape index (κ3) is 16.9. The minimum atomic E-state index is -1.16. The molecule has 0 bridgehead atoms. The number of carboxylic acids is 1. The summed E-state index contributed by atoms with van der Waals surface area (Å²) in [5, 5.41) is 11.4. The molecule has 4 nitrogen and oxygen atoms in total. The number of esters is 1. The number of carbonyl (C=O) groups is 2. The van der Waals surface area contributed by atoms with Crippen LogP contribution in [0.2, 0.25) is 0 Å². The third-order valence-electron chi connectivity index (χ3n) is 6.99. The van der Waals surface area contributed by atoms with Crippen molar-refractivity contribution in [2.75, 3.05) is 0 Å². The number of allylic oxidation sites excluding steroid dienone is 2. The first kappa shape index (κ1) is 29.7. The van der Waals surface area contributed by atoms with Gasteiger partial charge < -0.3 is 14.6 Å². The molecule has 0 spiro atoms. The molecule has 1 rings (SSSR count). The van der Waals surface area contributed by atoms with E-state index < -0.39 is 17.9 Å². The second-order valence-corrected chi connectivity index (χ2v) is 10.3. The Bertz CT molecular complexity index is 528. The van der Waals surface area contributed by atoms with Gasteiger partial charge in [-0.05, 0) is 44.4 Å². The molecule has 0 amide bonds. The minimum Gasteiger partial charge on any atom is -0.550 e. The van der Waals surface area contributed by atoms with Crippen LogP contribution in [0.3, 0.4) is 0 Å². The van der Waals surface area contributed by atoms with Gasteiger partial charge in [0.05, 0.1) is 6.42 Å². The molecular formula is C29H51O4-. The predicted octanol–water partition coefficient (Wildman–Crippen LogP) is 7.29. The maximum atomic E-state index is 12.2. The lowest BCUT2D eigenvalue weighted by atomic mass is 9.88. The number of hydrogen-bond donors (Lipinski definition) is 0. The summed E-state index contributed by atoms with van der Waals surface area (Å²) < 4.78 is 5.52. The van der Waals surface area contributed by atoms with Crippen LogP contribution in [-0.2, 0) is 14.3 Å². The highest BCUT2D eigenvalue weighted by Gasteiger charge is 2.23. The summed E-state index contributed by atoms with van der Waals surface area (Å²) in [6, 6.07) is 0. The summed E-state index contributed by atoms with van der Waals surface area (Å²) in [4.78, 5) is 23.6. The zero-order chi connectivity index (χ0) is 24.2. The standard InChI is InChI=1S/C29H52O4/c1-3-4-5-6-7-8-9-10-11-12-13-14-15-16-17-18-21-26(29(31)32)24-28(30)33-27-22-19-20-25(2)23-27/h17-18,25-27H,3-16,19-24H2,1-2H3,(H,31,32)/p-1. The second kappa shape index (κ2) is 20.1. The van der Waals surface area contributed by atoms with E-state index in [1.807, 2.05) is 6.08 Å². The highest BCUT2D eigenvalue weighted by atomic mass is 16.5. The van der Waals surface area contributed by atoms with Gasteiger partial charge in [-0.2, -0.15) is 0 Å². The summed E-state index contributed by atoms with van der Waals surface area (Å²) in [6.07, 6.45) is 26.6. The predicted molar refractivity (Wildman–Crippen MR) is 135 cm³/mol. The summed E-state index contributed by atoms with van der Waals surface area (Å²) in [6.45, 7) is 4.44. The molecule has 0 N–H and O–H groups in total. The van der Waals surface area contributed by atoms with E-state index in [4.69, 9.17) is 4.74 Å². The highest BCUT2D eigenvalue weighted by Crippen LogP contribution is 2.26. The van der Waals surface area contributed by atoms with E-state index in [0.29, 0.717) is 12.3 Å². The average molecular weight is 464 g/mol. The maximum absolute atomic E-state index is 12.2. The van der Waals surface area contributed by atoms with Crippen molar-refractivity contribution in [1.82, 2.24) is 0 Å². The lowest BCUT2D eigenvalue weighted by molar-refractivity contribution is -0.311. The lowest BCUT2D eigenvalue weighted by Gasteiger charge is -2.27. The maximum Gasteiger partial charge on any atom is 0.306 e. The van der Waals surface area contributed by atoms with E-state index in [2.05, 4.69) is 19.9 Å². The molecule has 0 aliphatic heterocycles. The lowest BCUT2D eigenvalue weighted by Crippen LogP contribution is -2.34. The van der Waals surface area contributed by atoms with Crippen molar-refractivity contribution in [3.05, 3.63) is 12.2 Å². The van der Waals surface area contributed by atoms with Crippen molar-refractivity contribution in [1.29, 1.82) is 0 Å². The molecule has 192 valence electrons. The van der Waals surface area contributed by atoms with Crippen molar-refractivity contribution in [2.45, 2.75) is 148 Å².